The first-order chi connectivity index (χ1) is 9.96. The van der Waals surface area contributed by atoms with Crippen LogP contribution >= 0.6 is 0 Å². The van der Waals surface area contributed by atoms with Gasteiger partial charge >= 0.3 is 11.9 Å². The van der Waals surface area contributed by atoms with Crippen molar-refractivity contribution in [2.45, 2.75) is 38.2 Å². The average molecular weight is 292 g/mol. The lowest BCUT2D eigenvalue weighted by atomic mass is 9.75. The Morgan fingerprint density at radius 3 is 2.29 bits per heavy atom. The minimum absolute atomic E-state index is 0.150. The first-order valence-corrected chi connectivity index (χ1v) is 7.19. The molecular formula is C16H20O5. The Hall–Kier alpha value is -1.88. The third-order valence-corrected chi connectivity index (χ3v) is 4.10. The summed E-state index contributed by atoms with van der Waals surface area (Å²) in [7, 11) is 0. The molecule has 114 valence electrons. The Kier molecular flexibility index (Phi) is 4.63. The molecule has 0 amide bonds. The summed E-state index contributed by atoms with van der Waals surface area (Å²) < 4.78 is 5.01. The van der Waals surface area contributed by atoms with Crippen LogP contribution in [0.25, 0.3) is 0 Å². The van der Waals surface area contributed by atoms with Gasteiger partial charge in [0.25, 0.3) is 0 Å². The molecule has 1 aromatic rings. The summed E-state index contributed by atoms with van der Waals surface area (Å²) in [5.41, 5.74) is -0.0857. The maximum absolute atomic E-state index is 11.7. The van der Waals surface area contributed by atoms with Gasteiger partial charge in [-0.25, -0.2) is 4.79 Å². The number of aliphatic hydroxyl groups is 1. The third kappa shape index (κ3) is 3.42. The van der Waals surface area contributed by atoms with Gasteiger partial charge < -0.3 is 14.9 Å². The molecule has 0 aliphatic heterocycles. The summed E-state index contributed by atoms with van der Waals surface area (Å²) in [6.07, 6.45) is 2.11. The molecule has 0 saturated heterocycles. The second-order valence-electron chi connectivity index (χ2n) is 5.44. The third-order valence-electron chi connectivity index (χ3n) is 4.10. The molecule has 0 aromatic heterocycles. The van der Waals surface area contributed by atoms with E-state index in [4.69, 9.17) is 9.84 Å². The highest BCUT2D eigenvalue weighted by atomic mass is 16.5. The summed E-state index contributed by atoms with van der Waals surface area (Å²) >= 11 is 0. The quantitative estimate of drug-likeness (QED) is 0.832. The normalized spacial score (nSPS) is 25.3. The fraction of sp³-hybridized carbons (Fsp3) is 0.500. The Bertz CT molecular complexity index is 512. The molecule has 0 bridgehead atoms. The van der Waals surface area contributed by atoms with Crippen molar-refractivity contribution >= 4 is 11.9 Å². The number of aromatic carboxylic acids is 1. The first-order valence-electron chi connectivity index (χ1n) is 7.19. The summed E-state index contributed by atoms with van der Waals surface area (Å²) in [5.74, 6) is -1.33. The molecule has 0 atom stereocenters. The lowest BCUT2D eigenvalue weighted by Crippen LogP contribution is -2.34. The van der Waals surface area contributed by atoms with Crippen molar-refractivity contribution in [2.24, 2.45) is 5.92 Å². The van der Waals surface area contributed by atoms with E-state index in [-0.39, 0.29) is 17.5 Å². The monoisotopic (exact) mass is 292 g/mol. The number of carboxylic acids is 1. The number of carboxylic acid groups (broad SMARTS) is 1. The Morgan fingerprint density at radius 2 is 1.81 bits per heavy atom. The number of rotatable bonds is 4. The number of ether oxygens (including phenoxy) is 1. The van der Waals surface area contributed by atoms with Gasteiger partial charge in [-0.05, 0) is 50.3 Å². The average Bonchev–Trinajstić information content (AvgIpc) is 2.48. The van der Waals surface area contributed by atoms with E-state index < -0.39 is 11.6 Å². The minimum atomic E-state index is -0.987. The predicted octanol–water partition coefficient (Wildman–Crippen LogP) is 2.33. The van der Waals surface area contributed by atoms with Crippen LogP contribution in [-0.2, 0) is 15.1 Å². The van der Waals surface area contributed by atoms with Crippen LogP contribution in [0.2, 0.25) is 0 Å². The van der Waals surface area contributed by atoms with Crippen LogP contribution < -0.4 is 0 Å². The zero-order valence-electron chi connectivity index (χ0n) is 12.0. The van der Waals surface area contributed by atoms with E-state index in [1.807, 2.05) is 0 Å². The van der Waals surface area contributed by atoms with Gasteiger partial charge in [0.15, 0.2) is 0 Å². The van der Waals surface area contributed by atoms with Crippen LogP contribution in [0.1, 0.15) is 48.5 Å². The molecule has 0 radical (unpaired) electrons. The van der Waals surface area contributed by atoms with Crippen LogP contribution in [0.3, 0.4) is 0 Å². The van der Waals surface area contributed by atoms with Gasteiger partial charge in [-0.3, -0.25) is 4.79 Å². The highest BCUT2D eigenvalue weighted by molar-refractivity contribution is 5.87. The minimum Gasteiger partial charge on any atom is -0.478 e. The van der Waals surface area contributed by atoms with Crippen LogP contribution in [-0.4, -0.2) is 28.8 Å². The molecule has 5 nitrogen and oxygen atoms in total. The van der Waals surface area contributed by atoms with E-state index in [9.17, 15) is 14.7 Å². The van der Waals surface area contributed by atoms with Gasteiger partial charge in [0.05, 0.1) is 23.7 Å². The molecule has 1 fully saturated rings. The van der Waals surface area contributed by atoms with Crippen molar-refractivity contribution in [1.29, 1.82) is 0 Å². The molecule has 0 unspecified atom stereocenters. The van der Waals surface area contributed by atoms with Gasteiger partial charge in [-0.15, -0.1) is 0 Å². The summed E-state index contributed by atoms with van der Waals surface area (Å²) in [6, 6.07) is 6.28. The Balaban J connectivity index is 2.04. The van der Waals surface area contributed by atoms with Gasteiger partial charge in [-0.1, -0.05) is 12.1 Å². The van der Waals surface area contributed by atoms with E-state index in [0.29, 0.717) is 37.9 Å². The summed E-state index contributed by atoms with van der Waals surface area (Å²) in [5, 5.41) is 19.6. The number of benzene rings is 1. The van der Waals surface area contributed by atoms with Gasteiger partial charge in [0, 0.05) is 0 Å². The first kappa shape index (κ1) is 15.5. The van der Waals surface area contributed by atoms with E-state index in [2.05, 4.69) is 0 Å². The molecule has 21 heavy (non-hydrogen) atoms. The molecule has 2 N–H and O–H groups in total. The SMILES string of the molecule is CCOC(=O)C1CCC(O)(c2ccc(C(=O)O)cc2)CC1. The van der Waals surface area contributed by atoms with Crippen LogP contribution in [0.15, 0.2) is 24.3 Å². The van der Waals surface area contributed by atoms with Gasteiger partial charge in [-0.2, -0.15) is 0 Å². The Labute approximate surface area is 123 Å². The summed E-state index contributed by atoms with van der Waals surface area (Å²) in [4.78, 5) is 22.5. The van der Waals surface area contributed by atoms with Crippen LogP contribution in [0.4, 0.5) is 0 Å². The predicted molar refractivity (Wildman–Crippen MR) is 75.9 cm³/mol. The van der Waals surface area contributed by atoms with Crippen molar-refractivity contribution in [1.82, 2.24) is 0 Å². The van der Waals surface area contributed by atoms with Crippen molar-refractivity contribution in [3.05, 3.63) is 35.4 Å². The zero-order valence-corrected chi connectivity index (χ0v) is 12.0. The number of hydrogen-bond acceptors (Lipinski definition) is 4. The number of hydrogen-bond donors (Lipinski definition) is 2. The second kappa shape index (κ2) is 6.26. The van der Waals surface area contributed by atoms with Gasteiger partial charge in [0.1, 0.15) is 0 Å². The number of esters is 1. The molecule has 2 rings (SSSR count). The maximum atomic E-state index is 11.7. The molecule has 1 aromatic carbocycles. The van der Waals surface area contributed by atoms with E-state index in [1.165, 1.54) is 12.1 Å². The van der Waals surface area contributed by atoms with Crippen molar-refractivity contribution < 1.29 is 24.5 Å². The van der Waals surface area contributed by atoms with Crippen molar-refractivity contribution in [3.63, 3.8) is 0 Å². The second-order valence-corrected chi connectivity index (χ2v) is 5.44. The van der Waals surface area contributed by atoms with Crippen LogP contribution in [0, 0.1) is 5.92 Å². The van der Waals surface area contributed by atoms with Gasteiger partial charge in [0.2, 0.25) is 0 Å². The maximum Gasteiger partial charge on any atom is 0.335 e. The van der Waals surface area contributed by atoms with Crippen molar-refractivity contribution in [3.8, 4) is 0 Å². The lowest BCUT2D eigenvalue weighted by Gasteiger charge is -2.35. The number of carbonyl (C=O) groups is 2. The van der Waals surface area contributed by atoms with E-state index in [0.717, 1.165) is 0 Å². The molecule has 0 heterocycles. The topological polar surface area (TPSA) is 83.8 Å². The zero-order chi connectivity index (χ0) is 15.5. The molecule has 0 spiro atoms. The highest BCUT2D eigenvalue weighted by Gasteiger charge is 2.37. The van der Waals surface area contributed by atoms with E-state index in [1.54, 1.807) is 19.1 Å². The Morgan fingerprint density at radius 1 is 1.24 bits per heavy atom. The van der Waals surface area contributed by atoms with Crippen molar-refractivity contribution in [2.75, 3.05) is 6.61 Å². The molecule has 1 saturated carbocycles. The molecule has 5 heteroatoms. The molecular weight excluding hydrogens is 272 g/mol. The van der Waals surface area contributed by atoms with E-state index >= 15 is 0 Å². The molecule has 1 aliphatic rings. The standard InChI is InChI=1S/C16H20O5/c1-2-21-15(19)12-7-9-16(20,10-8-12)13-5-3-11(4-6-13)14(17)18/h3-6,12,20H,2,7-10H2,1H3,(H,17,18). The summed E-state index contributed by atoms with van der Waals surface area (Å²) in [6.45, 7) is 2.15. The molecule has 1 aliphatic carbocycles. The number of carbonyl (C=O) groups excluding carboxylic acids is 1. The lowest BCUT2D eigenvalue weighted by molar-refractivity contribution is -0.151. The van der Waals surface area contributed by atoms with Crippen LogP contribution in [0.5, 0.6) is 0 Å². The highest BCUT2D eigenvalue weighted by Crippen LogP contribution is 2.39. The largest absolute Gasteiger partial charge is 0.478 e. The smallest absolute Gasteiger partial charge is 0.335 e. The fourth-order valence-corrected chi connectivity index (χ4v) is 2.80. The fourth-order valence-electron chi connectivity index (χ4n) is 2.80.